The molecular formula is C17H18BrNO2S. The molecule has 116 valence electrons. The van der Waals surface area contributed by atoms with Crippen LogP contribution in [0.25, 0.3) is 0 Å². The Balaban J connectivity index is 2.10. The molecule has 1 N–H and O–H groups in total. The maximum atomic E-state index is 5.91. The topological polar surface area (TPSA) is 30.5 Å². The van der Waals surface area contributed by atoms with Crippen LogP contribution in [0.3, 0.4) is 0 Å². The number of para-hydroxylation sites is 1. The van der Waals surface area contributed by atoms with Crippen LogP contribution in [0.15, 0.2) is 46.9 Å². The van der Waals surface area contributed by atoms with Crippen molar-refractivity contribution in [2.24, 2.45) is 0 Å². The van der Waals surface area contributed by atoms with Gasteiger partial charge in [-0.15, -0.1) is 0 Å². The molecule has 0 aliphatic carbocycles. The van der Waals surface area contributed by atoms with Gasteiger partial charge in [0.1, 0.15) is 12.4 Å². The first kappa shape index (κ1) is 16.8. The minimum absolute atomic E-state index is 0.334. The highest BCUT2D eigenvalue weighted by Gasteiger charge is 2.07. The molecule has 0 fully saturated rings. The first-order valence-corrected chi connectivity index (χ1v) is 8.18. The summed E-state index contributed by atoms with van der Waals surface area (Å²) in [5.41, 5.74) is 3.16. The van der Waals surface area contributed by atoms with Crippen LogP contribution >= 0.6 is 28.1 Å². The van der Waals surface area contributed by atoms with Gasteiger partial charge in [0.05, 0.1) is 11.6 Å². The Morgan fingerprint density at radius 2 is 2.00 bits per heavy atom. The van der Waals surface area contributed by atoms with Crippen LogP contribution in [0, 0.1) is 0 Å². The number of benzene rings is 2. The fraction of sp³-hybridized carbons (Fsp3) is 0.235. The van der Waals surface area contributed by atoms with Gasteiger partial charge < -0.3 is 14.8 Å². The van der Waals surface area contributed by atoms with Crippen LogP contribution in [0.1, 0.15) is 18.1 Å². The van der Waals surface area contributed by atoms with E-state index in [1.807, 2.05) is 30.3 Å². The van der Waals surface area contributed by atoms with Crippen molar-refractivity contribution in [3.63, 3.8) is 0 Å². The standard InChI is InChI=1S/C17H18BrNO2S/c1-3-12-8-9-16(14(18)10-12)21-11-13-6-4-5-7-15(13)19-17(22)20-2/h4-10H,3,11H2,1-2H3,(H,19,22). The van der Waals surface area contributed by atoms with Crippen LogP contribution in [0.5, 0.6) is 5.75 Å². The Bertz CT molecular complexity index is 661. The highest BCUT2D eigenvalue weighted by atomic mass is 79.9. The van der Waals surface area contributed by atoms with Gasteiger partial charge in [0.15, 0.2) is 0 Å². The van der Waals surface area contributed by atoms with Gasteiger partial charge in [-0.05, 0) is 58.3 Å². The minimum atomic E-state index is 0.334. The van der Waals surface area contributed by atoms with Crippen molar-refractivity contribution >= 4 is 39.0 Å². The molecule has 3 nitrogen and oxygen atoms in total. The molecule has 0 amide bonds. The minimum Gasteiger partial charge on any atom is -0.488 e. The van der Waals surface area contributed by atoms with Crippen molar-refractivity contribution in [2.45, 2.75) is 20.0 Å². The quantitative estimate of drug-likeness (QED) is 0.745. The van der Waals surface area contributed by atoms with E-state index in [2.05, 4.69) is 40.3 Å². The highest BCUT2D eigenvalue weighted by molar-refractivity contribution is 9.10. The normalized spacial score (nSPS) is 10.1. The molecule has 22 heavy (non-hydrogen) atoms. The molecule has 0 atom stereocenters. The fourth-order valence-electron chi connectivity index (χ4n) is 1.97. The van der Waals surface area contributed by atoms with Crippen LogP contribution in [0.2, 0.25) is 0 Å². The molecule has 2 aromatic carbocycles. The van der Waals surface area contributed by atoms with Gasteiger partial charge in [-0.25, -0.2) is 0 Å². The molecule has 0 aliphatic heterocycles. The molecule has 0 aliphatic rings. The zero-order valence-electron chi connectivity index (χ0n) is 12.6. The van der Waals surface area contributed by atoms with Crippen LogP contribution in [-0.4, -0.2) is 12.3 Å². The van der Waals surface area contributed by atoms with Gasteiger partial charge in [0.2, 0.25) is 0 Å². The van der Waals surface area contributed by atoms with Gasteiger partial charge in [0.25, 0.3) is 5.17 Å². The number of anilines is 1. The zero-order valence-corrected chi connectivity index (χ0v) is 15.0. The number of rotatable bonds is 5. The summed E-state index contributed by atoms with van der Waals surface area (Å²) in [6.07, 6.45) is 1.00. The highest BCUT2D eigenvalue weighted by Crippen LogP contribution is 2.28. The number of hydrogen-bond donors (Lipinski definition) is 1. The first-order valence-electron chi connectivity index (χ1n) is 6.98. The molecule has 2 rings (SSSR count). The molecule has 0 aromatic heterocycles. The average Bonchev–Trinajstić information content (AvgIpc) is 2.54. The number of hydrogen-bond acceptors (Lipinski definition) is 3. The maximum Gasteiger partial charge on any atom is 0.260 e. The molecule has 5 heteroatoms. The summed E-state index contributed by atoms with van der Waals surface area (Å²) in [5, 5.41) is 3.38. The number of aryl methyl sites for hydroxylation is 1. The third-order valence-corrected chi connectivity index (χ3v) is 4.12. The summed E-state index contributed by atoms with van der Waals surface area (Å²) >= 11 is 8.59. The smallest absolute Gasteiger partial charge is 0.260 e. The predicted molar refractivity (Wildman–Crippen MR) is 97.5 cm³/mol. The lowest BCUT2D eigenvalue weighted by atomic mass is 10.1. The van der Waals surface area contributed by atoms with E-state index in [-0.39, 0.29) is 0 Å². The SMILES string of the molecule is CCc1ccc(OCc2ccccc2NC(=S)OC)c(Br)c1. The molecule has 0 radical (unpaired) electrons. The maximum absolute atomic E-state index is 5.91. The Kier molecular flexibility index (Phi) is 6.21. The Hall–Kier alpha value is -1.59. The monoisotopic (exact) mass is 379 g/mol. The lowest BCUT2D eigenvalue weighted by Gasteiger charge is -2.14. The number of halogens is 1. The predicted octanol–water partition coefficient (Wildman–Crippen LogP) is 4.93. The van der Waals surface area contributed by atoms with Gasteiger partial charge in [0, 0.05) is 11.3 Å². The largest absolute Gasteiger partial charge is 0.488 e. The van der Waals surface area contributed by atoms with Crippen LogP contribution < -0.4 is 10.1 Å². The molecule has 0 saturated carbocycles. The van der Waals surface area contributed by atoms with Gasteiger partial charge >= 0.3 is 0 Å². The van der Waals surface area contributed by atoms with Crippen LogP contribution in [0.4, 0.5) is 5.69 Å². The van der Waals surface area contributed by atoms with E-state index < -0.39 is 0 Å². The summed E-state index contributed by atoms with van der Waals surface area (Å²) in [5.74, 6) is 0.821. The van der Waals surface area contributed by atoms with E-state index in [1.165, 1.54) is 5.56 Å². The van der Waals surface area contributed by atoms with E-state index >= 15 is 0 Å². The van der Waals surface area contributed by atoms with E-state index in [1.54, 1.807) is 7.11 Å². The van der Waals surface area contributed by atoms with Crippen molar-refractivity contribution in [2.75, 3.05) is 12.4 Å². The second-order valence-electron chi connectivity index (χ2n) is 4.68. The Morgan fingerprint density at radius 1 is 1.23 bits per heavy atom. The number of methoxy groups -OCH3 is 1. The Morgan fingerprint density at radius 3 is 2.68 bits per heavy atom. The second kappa shape index (κ2) is 8.15. The molecule has 0 unspecified atom stereocenters. The van der Waals surface area contributed by atoms with Crippen molar-refractivity contribution in [1.82, 2.24) is 0 Å². The van der Waals surface area contributed by atoms with Crippen molar-refractivity contribution < 1.29 is 9.47 Å². The first-order chi connectivity index (χ1) is 10.6. The van der Waals surface area contributed by atoms with Crippen molar-refractivity contribution in [3.8, 4) is 5.75 Å². The molecule has 2 aromatic rings. The zero-order chi connectivity index (χ0) is 15.9. The van der Waals surface area contributed by atoms with Crippen molar-refractivity contribution in [3.05, 3.63) is 58.1 Å². The third-order valence-electron chi connectivity index (χ3n) is 3.23. The Labute approximate surface area is 144 Å². The van der Waals surface area contributed by atoms with Crippen LogP contribution in [-0.2, 0) is 17.8 Å². The van der Waals surface area contributed by atoms with E-state index in [0.717, 1.165) is 27.9 Å². The number of thiocarbonyl (C=S) groups is 1. The lowest BCUT2D eigenvalue weighted by Crippen LogP contribution is -2.12. The lowest BCUT2D eigenvalue weighted by molar-refractivity contribution is 0.305. The van der Waals surface area contributed by atoms with Gasteiger partial charge in [-0.1, -0.05) is 31.2 Å². The number of nitrogens with one attached hydrogen (secondary N) is 1. The molecule has 0 spiro atoms. The summed E-state index contributed by atoms with van der Waals surface area (Å²) < 4.78 is 11.9. The summed E-state index contributed by atoms with van der Waals surface area (Å²) in [4.78, 5) is 0. The summed E-state index contributed by atoms with van der Waals surface area (Å²) in [6.45, 7) is 2.57. The van der Waals surface area contributed by atoms with E-state index in [4.69, 9.17) is 21.7 Å². The number of ether oxygens (including phenoxy) is 2. The second-order valence-corrected chi connectivity index (χ2v) is 5.91. The average molecular weight is 380 g/mol. The summed E-state index contributed by atoms with van der Waals surface area (Å²) in [6, 6.07) is 14.0. The van der Waals surface area contributed by atoms with Gasteiger partial charge in [-0.3, -0.25) is 0 Å². The van der Waals surface area contributed by atoms with Crippen molar-refractivity contribution in [1.29, 1.82) is 0 Å². The molecular weight excluding hydrogens is 362 g/mol. The summed E-state index contributed by atoms with van der Waals surface area (Å²) in [7, 11) is 1.54. The fourth-order valence-corrected chi connectivity index (χ4v) is 2.62. The third kappa shape index (κ3) is 4.45. The van der Waals surface area contributed by atoms with E-state index in [0.29, 0.717) is 11.8 Å². The van der Waals surface area contributed by atoms with E-state index in [9.17, 15) is 0 Å². The van der Waals surface area contributed by atoms with Gasteiger partial charge in [-0.2, -0.15) is 0 Å². The molecule has 0 bridgehead atoms. The molecule has 0 heterocycles. The molecule has 0 saturated heterocycles.